The summed E-state index contributed by atoms with van der Waals surface area (Å²) in [6, 6.07) is 23.0. The first-order chi connectivity index (χ1) is 27.3. The fraction of sp³-hybridized carbons (Fsp3) is 0.500. The van der Waals surface area contributed by atoms with Crippen molar-refractivity contribution < 1.29 is 33.4 Å². The van der Waals surface area contributed by atoms with E-state index in [1.54, 1.807) is 0 Å². The van der Waals surface area contributed by atoms with Gasteiger partial charge in [0.1, 0.15) is 23.9 Å². The van der Waals surface area contributed by atoms with Crippen LogP contribution in [0.4, 0.5) is 4.79 Å². The van der Waals surface area contributed by atoms with E-state index in [1.807, 2.05) is 75.4 Å². The van der Waals surface area contributed by atoms with Gasteiger partial charge in [-0.3, -0.25) is 20.2 Å². The summed E-state index contributed by atoms with van der Waals surface area (Å²) in [4.78, 5) is 56.4. The van der Waals surface area contributed by atoms with E-state index in [0.717, 1.165) is 34.3 Å². The maximum absolute atomic E-state index is 14.4. The fourth-order valence-electron chi connectivity index (χ4n) is 7.70. The van der Waals surface area contributed by atoms with Crippen LogP contribution in [0.5, 0.6) is 5.75 Å². The highest BCUT2D eigenvalue weighted by Gasteiger charge is 2.64. The highest BCUT2D eigenvalue weighted by atomic mass is 28.3. The Morgan fingerprint density at radius 1 is 0.862 bits per heavy atom. The number of aryl methyl sites for hydroxylation is 2. The number of ether oxygens (including phenoxy) is 3. The summed E-state index contributed by atoms with van der Waals surface area (Å²) in [6.45, 7) is 20.5. The molecular formula is C44H63N5O7Si2. The van der Waals surface area contributed by atoms with E-state index < -0.39 is 69.2 Å². The Morgan fingerprint density at radius 2 is 1.50 bits per heavy atom. The van der Waals surface area contributed by atoms with Gasteiger partial charge in [-0.15, -0.1) is 0 Å². The van der Waals surface area contributed by atoms with E-state index in [0.29, 0.717) is 17.9 Å². The maximum atomic E-state index is 14.4. The van der Waals surface area contributed by atoms with Crippen LogP contribution in [0.1, 0.15) is 47.1 Å². The van der Waals surface area contributed by atoms with Gasteiger partial charge in [0.25, 0.3) is 0 Å². The molecule has 5 N–H and O–H groups in total. The fourth-order valence-corrected chi connectivity index (χ4v) is 9.13. The molecule has 2 fully saturated rings. The average molecular weight is 830 g/mol. The summed E-state index contributed by atoms with van der Waals surface area (Å²) in [5.41, 5.74) is 1.91. The van der Waals surface area contributed by atoms with Crippen molar-refractivity contribution in [2.45, 2.75) is 121 Å². The number of carbonyl (C=O) groups excluding carboxylic acids is 4. The van der Waals surface area contributed by atoms with Crippen molar-refractivity contribution in [3.8, 4) is 5.75 Å². The third-order valence-electron chi connectivity index (χ3n) is 11.1. The predicted molar refractivity (Wildman–Crippen MR) is 232 cm³/mol. The van der Waals surface area contributed by atoms with Crippen molar-refractivity contribution in [3.63, 3.8) is 0 Å². The van der Waals surface area contributed by atoms with Crippen LogP contribution in [-0.2, 0) is 37.0 Å². The first kappa shape index (κ1) is 44.6. The second-order valence-electron chi connectivity index (χ2n) is 18.4. The van der Waals surface area contributed by atoms with Gasteiger partial charge in [0.05, 0.1) is 18.8 Å². The minimum Gasteiger partial charge on any atom is -0.489 e. The van der Waals surface area contributed by atoms with Gasteiger partial charge in [-0.05, 0) is 73.7 Å². The summed E-state index contributed by atoms with van der Waals surface area (Å²) < 4.78 is 18.0. The van der Waals surface area contributed by atoms with Gasteiger partial charge in [0.2, 0.25) is 5.91 Å². The lowest BCUT2D eigenvalue weighted by Gasteiger charge is -2.47. The van der Waals surface area contributed by atoms with E-state index in [2.05, 4.69) is 84.1 Å². The quantitative estimate of drug-likeness (QED) is 0.0798. The number of amides is 3. The molecule has 5 atom stereocenters. The molecule has 0 radical (unpaired) electrons. The minimum absolute atomic E-state index is 0.208. The molecule has 2 saturated heterocycles. The number of nitrogens with one attached hydrogen (secondary N) is 5. The Labute approximate surface area is 346 Å². The van der Waals surface area contributed by atoms with Gasteiger partial charge in [-0.2, -0.15) is 0 Å². The van der Waals surface area contributed by atoms with Crippen LogP contribution in [0.2, 0.25) is 51.4 Å². The number of rotatable bonds is 17. The molecular weight excluding hydrogens is 767 g/mol. The third-order valence-corrected chi connectivity index (χ3v) is 14.5. The zero-order valence-electron chi connectivity index (χ0n) is 35.7. The Hall–Kier alpha value is -4.51. The zero-order valence-corrected chi connectivity index (χ0v) is 37.7. The Morgan fingerprint density at radius 3 is 2.10 bits per heavy atom. The lowest BCUT2D eigenvalue weighted by atomic mass is 9.65. The molecule has 0 aromatic heterocycles. The second kappa shape index (κ2) is 18.6. The van der Waals surface area contributed by atoms with E-state index in [4.69, 9.17) is 14.2 Å². The Balaban J connectivity index is 1.55. The first-order valence-electron chi connectivity index (χ1n) is 20.3. The smallest absolute Gasteiger partial charge is 0.338 e. The van der Waals surface area contributed by atoms with E-state index in [9.17, 15) is 19.2 Å². The summed E-state index contributed by atoms with van der Waals surface area (Å²) in [5.74, 6) is -1.84. The molecule has 314 valence electrons. The molecule has 2 heterocycles. The summed E-state index contributed by atoms with van der Waals surface area (Å²) in [6.07, 6.45) is -0.891. The van der Waals surface area contributed by atoms with Gasteiger partial charge >= 0.3 is 18.0 Å². The second-order valence-corrected chi connectivity index (χ2v) is 29.6. The Kier molecular flexibility index (Phi) is 14.3. The van der Waals surface area contributed by atoms with Crippen molar-refractivity contribution in [3.05, 3.63) is 101 Å². The van der Waals surface area contributed by atoms with Crippen molar-refractivity contribution in [1.29, 1.82) is 0 Å². The van der Waals surface area contributed by atoms with Crippen LogP contribution >= 0.6 is 0 Å². The van der Waals surface area contributed by atoms with E-state index >= 15 is 0 Å². The minimum atomic E-state index is -1.57. The van der Waals surface area contributed by atoms with Crippen LogP contribution in [0.15, 0.2) is 72.8 Å². The van der Waals surface area contributed by atoms with Crippen molar-refractivity contribution in [2.24, 2.45) is 0 Å². The average Bonchev–Trinajstić information content (AvgIpc) is 3.70. The molecule has 0 spiro atoms. The standard InChI is InChI=1S/C44H63N5O7Si2/c1-30-15-16-31(2)34(27-30)29-56-35-19-17-33(18-20-35)36(44(21-22-45-41(44)52)49-42(53)46-28-32-13-11-10-12-14-32)43(3)37(39(50)54-23-25-57(4,5)6)47-38(48-43)40(51)55-24-26-58(7,8)9/h10-20,27,36-38,47-48H,21-26,28-29H2,1-9H3,(H,45,52)(H2,46,49,53). The SMILES string of the molecule is Cc1ccc(C)c(COc2ccc(C(C3(NC(=O)NCc4ccccc4)CCNC3=O)C3(C)NC(C(=O)OCC[Si](C)(C)C)NC3C(=O)OCC[Si](C)(C)C)cc2)c1. The van der Waals surface area contributed by atoms with Crippen molar-refractivity contribution >= 4 is 40.0 Å². The molecule has 0 bridgehead atoms. The predicted octanol–water partition coefficient (Wildman–Crippen LogP) is 6.13. The highest BCUT2D eigenvalue weighted by molar-refractivity contribution is 6.76. The molecule has 14 heteroatoms. The van der Waals surface area contributed by atoms with Gasteiger partial charge < -0.3 is 30.2 Å². The molecule has 5 rings (SSSR count). The van der Waals surface area contributed by atoms with Gasteiger partial charge in [0, 0.05) is 35.2 Å². The molecule has 2 aliphatic heterocycles. The molecule has 0 saturated carbocycles. The number of esters is 2. The lowest BCUT2D eigenvalue weighted by Crippen LogP contribution is -2.69. The number of hydrogen-bond donors (Lipinski definition) is 5. The van der Waals surface area contributed by atoms with Crippen LogP contribution < -0.4 is 31.3 Å². The third kappa shape index (κ3) is 11.4. The maximum Gasteiger partial charge on any atom is 0.338 e. The van der Waals surface area contributed by atoms with Crippen LogP contribution in [0, 0.1) is 13.8 Å². The van der Waals surface area contributed by atoms with E-state index in [-0.39, 0.29) is 32.7 Å². The van der Waals surface area contributed by atoms with Crippen molar-refractivity contribution in [1.82, 2.24) is 26.6 Å². The van der Waals surface area contributed by atoms with Gasteiger partial charge in [0.15, 0.2) is 6.17 Å². The first-order valence-corrected chi connectivity index (χ1v) is 27.8. The Bertz CT molecular complexity index is 1920. The number of hydrogen-bond acceptors (Lipinski definition) is 9. The summed E-state index contributed by atoms with van der Waals surface area (Å²) in [5, 5.41) is 15.6. The molecule has 12 nitrogen and oxygen atoms in total. The summed E-state index contributed by atoms with van der Waals surface area (Å²) in [7, 11) is -3.09. The van der Waals surface area contributed by atoms with Crippen LogP contribution in [0.3, 0.4) is 0 Å². The summed E-state index contributed by atoms with van der Waals surface area (Å²) >= 11 is 0. The number of carbonyl (C=O) groups is 4. The van der Waals surface area contributed by atoms with Crippen LogP contribution in [0.25, 0.3) is 0 Å². The molecule has 58 heavy (non-hydrogen) atoms. The molecule has 3 aromatic carbocycles. The molecule has 3 amide bonds. The zero-order chi connectivity index (χ0) is 42.3. The van der Waals surface area contributed by atoms with Crippen molar-refractivity contribution in [2.75, 3.05) is 19.8 Å². The highest BCUT2D eigenvalue weighted by Crippen LogP contribution is 2.46. The number of benzene rings is 3. The van der Waals surface area contributed by atoms with Gasteiger partial charge in [-0.25, -0.2) is 9.59 Å². The molecule has 5 unspecified atom stereocenters. The lowest BCUT2D eigenvalue weighted by molar-refractivity contribution is -0.148. The van der Waals surface area contributed by atoms with E-state index in [1.165, 1.54) is 0 Å². The normalized spacial score (nSPS) is 22.5. The largest absolute Gasteiger partial charge is 0.489 e. The molecule has 0 aliphatic carbocycles. The molecule has 2 aliphatic rings. The molecule has 3 aromatic rings. The topological polar surface area (TPSA) is 156 Å². The monoisotopic (exact) mass is 829 g/mol. The number of urea groups is 1. The van der Waals surface area contributed by atoms with Gasteiger partial charge in [-0.1, -0.05) is 106 Å². The van der Waals surface area contributed by atoms with Crippen LogP contribution in [-0.4, -0.2) is 83.1 Å².